The molecule has 0 aromatic rings. The fourth-order valence-corrected chi connectivity index (χ4v) is 5.23. The van der Waals surface area contributed by atoms with Crippen molar-refractivity contribution in [1.29, 1.82) is 0 Å². The average Bonchev–Trinajstić information content (AvgIpc) is 2.34. The molecular formula is C8H20O7P2. The van der Waals surface area contributed by atoms with E-state index in [0.29, 0.717) is 12.8 Å². The molecule has 0 aromatic heterocycles. The molecule has 7 nitrogen and oxygen atoms in total. The predicted molar refractivity (Wildman–Crippen MR) is 62.9 cm³/mol. The van der Waals surface area contributed by atoms with Gasteiger partial charge in [-0.2, -0.15) is 0 Å². The van der Waals surface area contributed by atoms with Gasteiger partial charge < -0.3 is 23.6 Å². The minimum Gasteiger partial charge on any atom is -0.368 e. The summed E-state index contributed by atoms with van der Waals surface area (Å²) in [7, 11) is -5.66. The van der Waals surface area contributed by atoms with Gasteiger partial charge in [0, 0.05) is 21.3 Å². The van der Waals surface area contributed by atoms with Gasteiger partial charge >= 0.3 is 15.2 Å². The van der Waals surface area contributed by atoms with Crippen LogP contribution in [0.25, 0.3) is 0 Å². The molecule has 0 aliphatic rings. The Morgan fingerprint density at radius 3 is 1.88 bits per heavy atom. The SMILES string of the molecule is CCCCC(O)(P(=O)(O)OC)P(=O)(OC)OC. The van der Waals surface area contributed by atoms with Crippen molar-refractivity contribution in [2.45, 2.75) is 31.3 Å². The van der Waals surface area contributed by atoms with Crippen molar-refractivity contribution < 1.29 is 32.7 Å². The number of rotatable bonds is 8. The van der Waals surface area contributed by atoms with Gasteiger partial charge in [-0.15, -0.1) is 0 Å². The molecular weight excluding hydrogens is 270 g/mol. The van der Waals surface area contributed by atoms with Crippen LogP contribution in [0.1, 0.15) is 26.2 Å². The zero-order valence-corrected chi connectivity index (χ0v) is 12.2. The molecule has 0 amide bonds. The third-order valence-electron chi connectivity index (χ3n) is 2.49. The van der Waals surface area contributed by atoms with Gasteiger partial charge in [-0.25, -0.2) is 0 Å². The van der Waals surface area contributed by atoms with Crippen LogP contribution in [0.2, 0.25) is 0 Å². The Labute approximate surface area is 101 Å². The molecule has 0 spiro atoms. The zero-order chi connectivity index (χ0) is 13.7. The average molecular weight is 290 g/mol. The van der Waals surface area contributed by atoms with E-state index >= 15 is 0 Å². The first-order chi connectivity index (χ1) is 7.74. The maximum absolute atomic E-state index is 12.2. The molecule has 9 heteroatoms. The second-order valence-electron chi connectivity index (χ2n) is 3.44. The van der Waals surface area contributed by atoms with Crippen molar-refractivity contribution in [1.82, 2.24) is 0 Å². The lowest BCUT2D eigenvalue weighted by Gasteiger charge is -2.34. The van der Waals surface area contributed by atoms with Crippen molar-refractivity contribution in [3.63, 3.8) is 0 Å². The highest BCUT2D eigenvalue weighted by atomic mass is 31.2. The highest BCUT2D eigenvalue weighted by Crippen LogP contribution is 2.75. The predicted octanol–water partition coefficient (Wildman–Crippen LogP) is 2.14. The first-order valence-electron chi connectivity index (χ1n) is 5.07. The molecule has 0 bridgehead atoms. The maximum Gasteiger partial charge on any atom is 0.374 e. The van der Waals surface area contributed by atoms with Gasteiger partial charge in [-0.05, 0) is 12.8 Å². The van der Waals surface area contributed by atoms with Crippen molar-refractivity contribution >= 4 is 15.2 Å². The van der Waals surface area contributed by atoms with E-state index in [-0.39, 0.29) is 6.42 Å². The summed E-state index contributed by atoms with van der Waals surface area (Å²) in [6, 6.07) is 0. The number of unbranched alkanes of at least 4 members (excludes halogenated alkanes) is 1. The highest BCUT2D eigenvalue weighted by Gasteiger charge is 2.62. The van der Waals surface area contributed by atoms with E-state index < -0.39 is 20.3 Å². The molecule has 2 unspecified atom stereocenters. The van der Waals surface area contributed by atoms with E-state index in [0.717, 1.165) is 21.3 Å². The van der Waals surface area contributed by atoms with E-state index in [1.807, 2.05) is 6.92 Å². The summed E-state index contributed by atoms with van der Waals surface area (Å²) in [6.45, 7) is 1.82. The van der Waals surface area contributed by atoms with E-state index in [4.69, 9.17) is 0 Å². The lowest BCUT2D eigenvalue weighted by atomic mass is 10.3. The molecule has 0 saturated carbocycles. The third-order valence-corrected chi connectivity index (χ3v) is 7.66. The Morgan fingerprint density at radius 1 is 1.12 bits per heavy atom. The summed E-state index contributed by atoms with van der Waals surface area (Å²) in [6.07, 6.45) is 0.796. The van der Waals surface area contributed by atoms with Crippen LogP contribution in [0.15, 0.2) is 0 Å². The van der Waals surface area contributed by atoms with Crippen molar-refractivity contribution in [2.24, 2.45) is 0 Å². The topological polar surface area (TPSA) is 102 Å². The summed E-state index contributed by atoms with van der Waals surface area (Å²) in [5, 5.41) is 7.69. The van der Waals surface area contributed by atoms with Crippen molar-refractivity contribution in [2.75, 3.05) is 21.3 Å². The minimum absolute atomic E-state index is 0.218. The van der Waals surface area contributed by atoms with Crippen LogP contribution in [0.4, 0.5) is 0 Å². The smallest absolute Gasteiger partial charge is 0.368 e. The highest BCUT2D eigenvalue weighted by molar-refractivity contribution is 7.73. The molecule has 0 radical (unpaired) electrons. The summed E-state index contributed by atoms with van der Waals surface area (Å²) in [5.74, 6) is 0. The lowest BCUT2D eigenvalue weighted by Crippen LogP contribution is -2.30. The monoisotopic (exact) mass is 290 g/mol. The minimum atomic E-state index is -4.54. The molecule has 0 heterocycles. The fraction of sp³-hybridized carbons (Fsp3) is 1.00. The van der Waals surface area contributed by atoms with Gasteiger partial charge in [0.05, 0.1) is 0 Å². The Balaban J connectivity index is 5.54. The molecule has 0 aliphatic heterocycles. The second kappa shape index (κ2) is 6.43. The first kappa shape index (κ1) is 17.3. The Kier molecular flexibility index (Phi) is 6.53. The van der Waals surface area contributed by atoms with Gasteiger partial charge in [0.2, 0.25) is 0 Å². The van der Waals surface area contributed by atoms with Gasteiger partial charge in [-0.3, -0.25) is 9.13 Å². The number of hydrogen-bond donors (Lipinski definition) is 2. The van der Waals surface area contributed by atoms with Gasteiger partial charge in [-0.1, -0.05) is 13.3 Å². The normalized spacial score (nSPS) is 19.6. The molecule has 2 atom stereocenters. The summed E-state index contributed by atoms with van der Waals surface area (Å²) < 4.78 is 37.6. The summed E-state index contributed by atoms with van der Waals surface area (Å²) in [5.41, 5.74) is 0. The molecule has 0 aromatic carbocycles. The van der Waals surface area contributed by atoms with Gasteiger partial charge in [0.15, 0.2) is 0 Å². The van der Waals surface area contributed by atoms with Crippen LogP contribution < -0.4 is 0 Å². The van der Waals surface area contributed by atoms with Crippen molar-refractivity contribution in [3.05, 3.63) is 0 Å². The molecule has 2 N–H and O–H groups in total. The second-order valence-corrected chi connectivity index (χ2v) is 8.41. The van der Waals surface area contributed by atoms with E-state index in [1.165, 1.54) is 0 Å². The van der Waals surface area contributed by atoms with Gasteiger partial charge in [0.25, 0.3) is 5.08 Å². The Morgan fingerprint density at radius 2 is 1.59 bits per heavy atom. The van der Waals surface area contributed by atoms with E-state index in [1.54, 1.807) is 0 Å². The van der Waals surface area contributed by atoms with Crippen molar-refractivity contribution in [3.8, 4) is 0 Å². The molecule has 0 fully saturated rings. The molecule has 0 saturated heterocycles. The number of hydrogen-bond acceptors (Lipinski definition) is 6. The summed E-state index contributed by atoms with van der Waals surface area (Å²) in [4.78, 5) is 9.62. The molecule has 17 heavy (non-hydrogen) atoms. The number of aliphatic hydroxyl groups is 1. The first-order valence-corrected chi connectivity index (χ1v) is 8.19. The maximum atomic E-state index is 12.2. The third kappa shape index (κ3) is 3.18. The summed E-state index contributed by atoms with van der Waals surface area (Å²) >= 11 is 0. The van der Waals surface area contributed by atoms with Crippen LogP contribution in [0.3, 0.4) is 0 Å². The van der Waals surface area contributed by atoms with Crippen LogP contribution in [0.5, 0.6) is 0 Å². The van der Waals surface area contributed by atoms with Gasteiger partial charge in [0.1, 0.15) is 0 Å². The molecule has 0 rings (SSSR count). The standard InChI is InChI=1S/C8H20O7P2/c1-5-6-7-8(9,16(10,11)13-2)17(12,14-3)15-4/h9H,5-7H2,1-4H3,(H,10,11). The fourth-order valence-electron chi connectivity index (χ4n) is 1.36. The Hall–Kier alpha value is 0.260. The molecule has 0 aliphatic carbocycles. The van der Waals surface area contributed by atoms with Crippen LogP contribution >= 0.6 is 15.2 Å². The van der Waals surface area contributed by atoms with E-state index in [9.17, 15) is 19.1 Å². The quantitative estimate of drug-likeness (QED) is 0.660. The van der Waals surface area contributed by atoms with Crippen LogP contribution in [-0.4, -0.2) is 36.4 Å². The van der Waals surface area contributed by atoms with Crippen LogP contribution in [0, 0.1) is 0 Å². The molecule has 104 valence electrons. The lowest BCUT2D eigenvalue weighted by molar-refractivity contribution is 0.101. The Bertz CT molecular complexity index is 324. The largest absolute Gasteiger partial charge is 0.374 e. The van der Waals surface area contributed by atoms with Crippen LogP contribution in [-0.2, 0) is 22.7 Å². The zero-order valence-electron chi connectivity index (χ0n) is 10.5. The van der Waals surface area contributed by atoms with E-state index in [2.05, 4.69) is 13.6 Å².